The maximum Gasteiger partial charge on any atom is 0.422 e. The van der Waals surface area contributed by atoms with Crippen molar-refractivity contribution in [2.75, 3.05) is 5.34 Å². The Morgan fingerprint density at radius 2 is 0.962 bits per heavy atom. The summed E-state index contributed by atoms with van der Waals surface area (Å²) in [6.45, 7) is 4.10. The molecule has 284 valence electrons. The van der Waals surface area contributed by atoms with Crippen LogP contribution in [0.2, 0.25) is 0 Å². The summed E-state index contributed by atoms with van der Waals surface area (Å²) in [6.07, 6.45) is -6.42. The van der Waals surface area contributed by atoms with Gasteiger partial charge in [0.2, 0.25) is 0 Å². The van der Waals surface area contributed by atoms with Gasteiger partial charge in [-0.3, -0.25) is 0 Å². The SMILES string of the molecule is CCCc1ccc(C(=O)O)cc1.CCCc1ccc(C(=O)Oc2cc(F)c(C(F)(F)F)c(F)c2)cc1.ClCCl.Oc1cc(F)c(C(F)(F)F)c(F)c1. The quantitative estimate of drug-likeness (QED) is 0.0843. The molecule has 0 aliphatic rings. The van der Waals surface area contributed by atoms with Crippen LogP contribution in [-0.4, -0.2) is 27.5 Å². The van der Waals surface area contributed by atoms with Crippen molar-refractivity contribution in [3.8, 4) is 11.5 Å². The first-order chi connectivity index (χ1) is 24.2. The minimum Gasteiger partial charge on any atom is -0.508 e. The maximum atomic E-state index is 13.4. The smallest absolute Gasteiger partial charge is 0.422 e. The number of carboxylic acid groups (broad SMARTS) is 1. The molecular weight excluding hydrogens is 761 g/mol. The van der Waals surface area contributed by atoms with Crippen LogP contribution in [-0.2, 0) is 25.2 Å². The summed E-state index contributed by atoms with van der Waals surface area (Å²) in [5.41, 5.74) is -1.34. The van der Waals surface area contributed by atoms with E-state index < -0.39 is 70.2 Å². The number of aromatic hydroxyl groups is 1. The van der Waals surface area contributed by atoms with Gasteiger partial charge < -0.3 is 14.9 Å². The topological polar surface area (TPSA) is 83.8 Å². The van der Waals surface area contributed by atoms with E-state index in [0.29, 0.717) is 17.7 Å². The molecule has 0 aliphatic carbocycles. The van der Waals surface area contributed by atoms with Gasteiger partial charge in [0.05, 0.1) is 16.5 Å². The van der Waals surface area contributed by atoms with Gasteiger partial charge in [0, 0.05) is 24.3 Å². The number of benzene rings is 4. The molecule has 52 heavy (non-hydrogen) atoms. The normalized spacial score (nSPS) is 10.8. The third-order valence-electron chi connectivity index (χ3n) is 6.29. The minimum absolute atomic E-state index is 0.121. The first-order valence-electron chi connectivity index (χ1n) is 14.8. The van der Waals surface area contributed by atoms with Crippen LogP contribution in [0.25, 0.3) is 0 Å². The molecule has 5 nitrogen and oxygen atoms in total. The largest absolute Gasteiger partial charge is 0.508 e. The summed E-state index contributed by atoms with van der Waals surface area (Å²) in [5, 5.41) is 17.3. The van der Waals surface area contributed by atoms with E-state index in [9.17, 15) is 53.5 Å². The van der Waals surface area contributed by atoms with Crippen molar-refractivity contribution < 1.29 is 68.4 Å². The number of carbonyl (C=O) groups is 2. The highest BCUT2D eigenvalue weighted by Crippen LogP contribution is 2.36. The zero-order valence-corrected chi connectivity index (χ0v) is 28.6. The number of rotatable bonds is 7. The molecular formula is C35H30Cl2F10O5. The molecule has 2 N–H and O–H groups in total. The second-order valence-corrected chi connectivity index (χ2v) is 11.0. The third kappa shape index (κ3) is 15.0. The van der Waals surface area contributed by atoms with Crippen LogP contribution in [0.3, 0.4) is 0 Å². The van der Waals surface area contributed by atoms with Crippen LogP contribution < -0.4 is 4.74 Å². The lowest BCUT2D eigenvalue weighted by molar-refractivity contribution is -0.143. The number of phenolic OH excluding ortho intramolecular Hbond substituents is 1. The van der Waals surface area contributed by atoms with Crippen LogP contribution in [0, 0.1) is 23.3 Å². The first-order valence-corrected chi connectivity index (χ1v) is 15.8. The zero-order valence-electron chi connectivity index (χ0n) is 27.1. The van der Waals surface area contributed by atoms with E-state index in [-0.39, 0.29) is 23.0 Å². The summed E-state index contributed by atoms with van der Waals surface area (Å²) in [7, 11) is 0. The molecule has 0 aliphatic heterocycles. The Morgan fingerprint density at radius 1 is 0.635 bits per heavy atom. The van der Waals surface area contributed by atoms with Crippen molar-refractivity contribution in [2.24, 2.45) is 0 Å². The molecule has 17 heteroatoms. The van der Waals surface area contributed by atoms with Crippen LogP contribution in [0.15, 0.2) is 72.8 Å². The number of aromatic carboxylic acids is 1. The molecule has 0 spiro atoms. The standard InChI is InChI=1S/C17H13F5O2.C10H12O2.C7H3F5O.CH2Cl2/c1-2-3-10-4-6-11(7-5-10)16(23)24-12-8-13(18)15(14(19)9-12)17(20,21)22;1-2-3-8-4-6-9(7-5-8)10(11)12;8-4-1-3(13)2-5(9)6(4)7(10,11)12;2-1-3/h4-9H,2-3H2,1H3;4-7H,2-3H2,1H3,(H,11,12);1-2,13H;1H2. The third-order valence-corrected chi connectivity index (χ3v) is 6.29. The molecule has 4 rings (SSSR count). The summed E-state index contributed by atoms with van der Waals surface area (Å²) >= 11 is 9.53. The van der Waals surface area contributed by atoms with Crippen molar-refractivity contribution in [1.82, 2.24) is 0 Å². The summed E-state index contributed by atoms with van der Waals surface area (Å²) in [6, 6.07) is 14.4. The number of esters is 1. The minimum atomic E-state index is -5.17. The molecule has 0 unspecified atom stereocenters. The molecule has 4 aromatic carbocycles. The van der Waals surface area contributed by atoms with Crippen molar-refractivity contribution in [3.63, 3.8) is 0 Å². The van der Waals surface area contributed by atoms with Gasteiger partial charge in [0.25, 0.3) is 0 Å². The maximum absolute atomic E-state index is 13.4. The predicted octanol–water partition coefficient (Wildman–Crippen LogP) is 11.6. The molecule has 0 bridgehead atoms. The van der Waals surface area contributed by atoms with Gasteiger partial charge in [-0.15, -0.1) is 23.2 Å². The van der Waals surface area contributed by atoms with E-state index in [4.69, 9.17) is 38.2 Å². The van der Waals surface area contributed by atoms with Crippen molar-refractivity contribution in [1.29, 1.82) is 0 Å². The van der Waals surface area contributed by atoms with E-state index in [1.165, 1.54) is 17.7 Å². The van der Waals surface area contributed by atoms with Gasteiger partial charge in [-0.05, 0) is 48.2 Å². The lowest BCUT2D eigenvalue weighted by atomic mass is 10.1. The number of halogens is 12. The number of ether oxygens (including phenoxy) is 1. The molecule has 0 aromatic heterocycles. The van der Waals surface area contributed by atoms with Gasteiger partial charge in [0.1, 0.15) is 45.9 Å². The van der Waals surface area contributed by atoms with E-state index in [0.717, 1.165) is 31.2 Å². The summed E-state index contributed by atoms with van der Waals surface area (Å²) in [5.74, 6) is -10.7. The Balaban J connectivity index is 0.000000407. The van der Waals surface area contributed by atoms with Crippen LogP contribution in [0.1, 0.15) is 69.7 Å². The molecule has 0 atom stereocenters. The Kier molecular flexibility index (Phi) is 18.5. The lowest BCUT2D eigenvalue weighted by Crippen LogP contribution is -2.13. The molecule has 0 saturated heterocycles. The van der Waals surface area contributed by atoms with E-state index in [1.54, 1.807) is 24.3 Å². The van der Waals surface area contributed by atoms with E-state index in [1.807, 2.05) is 19.1 Å². The summed E-state index contributed by atoms with van der Waals surface area (Å²) < 4.78 is 130. The molecule has 0 amide bonds. The molecule has 0 saturated carbocycles. The average molecular weight is 792 g/mol. The Labute approximate surface area is 301 Å². The van der Waals surface area contributed by atoms with Gasteiger partial charge in [-0.2, -0.15) is 26.3 Å². The second kappa shape index (κ2) is 21.1. The Hall–Kier alpha value is -4.50. The number of carbonyl (C=O) groups excluding carboxylic acids is 1. The Morgan fingerprint density at radius 3 is 1.27 bits per heavy atom. The number of hydrogen-bond donors (Lipinski definition) is 2. The number of aryl methyl sites for hydroxylation is 2. The lowest BCUT2D eigenvalue weighted by Gasteiger charge is -2.11. The zero-order chi connectivity index (χ0) is 39.8. The highest BCUT2D eigenvalue weighted by molar-refractivity contribution is 6.40. The van der Waals surface area contributed by atoms with Gasteiger partial charge in [-0.25, -0.2) is 27.2 Å². The van der Waals surface area contributed by atoms with Crippen molar-refractivity contribution in [2.45, 2.75) is 51.9 Å². The fraction of sp³-hybridized carbons (Fsp3) is 0.257. The fourth-order valence-electron chi connectivity index (χ4n) is 4.07. The van der Waals surface area contributed by atoms with E-state index in [2.05, 4.69) is 6.92 Å². The first kappa shape index (κ1) is 45.5. The fourth-order valence-corrected chi connectivity index (χ4v) is 4.07. The average Bonchev–Trinajstić information content (AvgIpc) is 3.01. The predicted molar refractivity (Wildman–Crippen MR) is 174 cm³/mol. The van der Waals surface area contributed by atoms with Crippen molar-refractivity contribution >= 4 is 35.1 Å². The monoisotopic (exact) mass is 790 g/mol. The van der Waals surface area contributed by atoms with Gasteiger partial charge in [-0.1, -0.05) is 51.0 Å². The molecule has 0 heterocycles. The summed E-state index contributed by atoms with van der Waals surface area (Å²) in [4.78, 5) is 22.4. The Bertz CT molecular complexity index is 1700. The molecule has 4 aromatic rings. The molecule has 0 fully saturated rings. The number of phenols is 1. The molecule has 0 radical (unpaired) electrons. The second-order valence-electron chi connectivity index (χ2n) is 10.2. The van der Waals surface area contributed by atoms with Gasteiger partial charge in [0.15, 0.2) is 0 Å². The number of carboxylic acids is 1. The number of alkyl halides is 8. The van der Waals surface area contributed by atoms with Crippen LogP contribution in [0.5, 0.6) is 11.5 Å². The van der Waals surface area contributed by atoms with Crippen molar-refractivity contribution in [3.05, 3.63) is 129 Å². The van der Waals surface area contributed by atoms with E-state index >= 15 is 0 Å². The highest BCUT2D eigenvalue weighted by atomic mass is 35.5. The number of hydrogen-bond acceptors (Lipinski definition) is 4. The van der Waals surface area contributed by atoms with Gasteiger partial charge >= 0.3 is 24.3 Å². The van der Waals surface area contributed by atoms with Crippen LogP contribution >= 0.6 is 23.2 Å². The highest BCUT2D eigenvalue weighted by Gasteiger charge is 2.39. The van der Waals surface area contributed by atoms with Crippen LogP contribution in [0.4, 0.5) is 43.9 Å².